The van der Waals surface area contributed by atoms with E-state index in [9.17, 15) is 30.4 Å². The molecule has 0 saturated carbocycles. The molecule has 1 aromatic heterocycles. The molecule has 1 heterocycles. The minimum atomic E-state index is -4.97. The maximum Gasteiger partial charge on any atom is 0.339 e. The predicted molar refractivity (Wildman–Crippen MR) is 114 cm³/mol. The number of benzene rings is 3. The van der Waals surface area contributed by atoms with Gasteiger partial charge in [0.2, 0.25) is 34.8 Å². The molecule has 4 aromatic rings. The quantitative estimate of drug-likeness (QED) is 0.119. The molecule has 4 nitrogen and oxygen atoms in total. The maximum atomic E-state index is 13.9. The zero-order valence-electron chi connectivity index (χ0n) is 15.8. The average molecular weight is 565 g/mol. The van der Waals surface area contributed by atoms with Gasteiger partial charge in [0.05, 0.1) is 5.69 Å². The summed E-state index contributed by atoms with van der Waals surface area (Å²) in [6.45, 7) is 0. The number of rotatable bonds is 4. The van der Waals surface area contributed by atoms with Crippen molar-refractivity contribution >= 4 is 48.4 Å². The molecule has 33 heavy (non-hydrogen) atoms. The van der Waals surface area contributed by atoms with Gasteiger partial charge in [-0.3, -0.25) is 4.98 Å². The summed E-state index contributed by atoms with van der Waals surface area (Å²) in [5.74, 6) is -13.8. The first-order valence-corrected chi connectivity index (χ1v) is 11.4. The number of hydrogen-bond acceptors (Lipinski definition) is 4. The van der Waals surface area contributed by atoms with Gasteiger partial charge in [-0.25, -0.2) is 13.2 Å². The van der Waals surface area contributed by atoms with E-state index in [-0.39, 0.29) is 0 Å². The van der Waals surface area contributed by atoms with Gasteiger partial charge in [0.1, 0.15) is 4.90 Å². The molecule has 0 aliphatic carbocycles. The third-order valence-corrected chi connectivity index (χ3v) is 6.68. The number of aromatic nitrogens is 1. The fourth-order valence-electron chi connectivity index (χ4n) is 3.02. The van der Waals surface area contributed by atoms with Crippen LogP contribution in [0.2, 0.25) is 5.02 Å². The van der Waals surface area contributed by atoms with Crippen LogP contribution in [0.15, 0.2) is 58.0 Å². The third-order valence-electron chi connectivity index (χ3n) is 4.57. The molecule has 0 aliphatic rings. The monoisotopic (exact) mass is 563 g/mol. The average Bonchev–Trinajstić information content (AvgIpc) is 2.78. The molecular weight excluding hydrogens is 557 g/mol. The largest absolute Gasteiger partial charge is 0.372 e. The number of fused-ring (bicyclic) bond motifs is 1. The maximum absolute atomic E-state index is 13.9. The zero-order valence-corrected chi connectivity index (χ0v) is 19.0. The molecule has 0 saturated heterocycles. The number of halogens is 7. The van der Waals surface area contributed by atoms with Crippen LogP contribution in [0.3, 0.4) is 0 Å². The molecule has 0 unspecified atom stereocenters. The van der Waals surface area contributed by atoms with Crippen LogP contribution < -0.4 is 4.18 Å². The van der Waals surface area contributed by atoms with Crippen molar-refractivity contribution in [2.45, 2.75) is 4.90 Å². The van der Waals surface area contributed by atoms with E-state index < -0.39 is 49.8 Å². The van der Waals surface area contributed by atoms with Gasteiger partial charge in [-0.15, -0.1) is 0 Å². The molecule has 0 amide bonds. The summed E-state index contributed by atoms with van der Waals surface area (Å²) in [5, 5.41) is 1.34. The van der Waals surface area contributed by atoms with E-state index in [0.29, 0.717) is 31.5 Å². The van der Waals surface area contributed by atoms with E-state index in [2.05, 4.69) is 25.1 Å². The first-order chi connectivity index (χ1) is 15.5. The topological polar surface area (TPSA) is 56.3 Å². The second kappa shape index (κ2) is 8.54. The van der Waals surface area contributed by atoms with Crippen LogP contribution in [-0.4, -0.2) is 13.4 Å². The SMILES string of the molecule is O=S(=O)(Oc1c(F)c(F)c(F)c(F)c1F)c1ccc2c(-c3ccc(Cl)cc3Br)nccc2c1. The number of pyridine rings is 1. The van der Waals surface area contributed by atoms with Crippen molar-refractivity contribution in [2.24, 2.45) is 0 Å². The van der Waals surface area contributed by atoms with E-state index in [1.165, 1.54) is 18.3 Å². The van der Waals surface area contributed by atoms with Gasteiger partial charge >= 0.3 is 10.1 Å². The Kier molecular flexibility index (Phi) is 6.06. The Morgan fingerprint density at radius 1 is 0.848 bits per heavy atom. The van der Waals surface area contributed by atoms with Gasteiger partial charge in [-0.1, -0.05) is 39.7 Å². The molecule has 0 bridgehead atoms. The van der Waals surface area contributed by atoms with Crippen molar-refractivity contribution < 1.29 is 34.6 Å². The highest BCUT2D eigenvalue weighted by atomic mass is 79.9. The Hall–Kier alpha value is -2.76. The first kappa shape index (κ1) is 23.4. The van der Waals surface area contributed by atoms with E-state index in [1.807, 2.05) is 0 Å². The minimum absolute atomic E-state index is 0.351. The summed E-state index contributed by atoms with van der Waals surface area (Å²) in [4.78, 5) is 3.73. The van der Waals surface area contributed by atoms with Crippen LogP contribution in [0.25, 0.3) is 22.0 Å². The molecule has 0 radical (unpaired) electrons. The van der Waals surface area contributed by atoms with Gasteiger partial charge in [0.25, 0.3) is 0 Å². The number of nitrogens with zero attached hydrogens (tertiary/aromatic N) is 1. The second-order valence-electron chi connectivity index (χ2n) is 6.60. The van der Waals surface area contributed by atoms with Gasteiger partial charge in [0.15, 0.2) is 0 Å². The Balaban J connectivity index is 1.80. The van der Waals surface area contributed by atoms with Crippen LogP contribution in [0.5, 0.6) is 5.75 Å². The number of hydrogen-bond donors (Lipinski definition) is 0. The molecule has 0 spiro atoms. The van der Waals surface area contributed by atoms with Gasteiger partial charge in [-0.05, 0) is 35.7 Å². The molecule has 0 atom stereocenters. The summed E-state index contributed by atoms with van der Waals surface area (Å²) in [6, 6.07) is 10.00. The highest BCUT2D eigenvalue weighted by Gasteiger charge is 2.31. The summed E-state index contributed by atoms with van der Waals surface area (Å²) in [5.41, 5.74) is 1.12. The molecule has 12 heteroatoms. The van der Waals surface area contributed by atoms with E-state index in [4.69, 9.17) is 11.6 Å². The van der Waals surface area contributed by atoms with Crippen molar-refractivity contribution in [1.29, 1.82) is 0 Å². The van der Waals surface area contributed by atoms with E-state index >= 15 is 0 Å². The first-order valence-electron chi connectivity index (χ1n) is 8.81. The van der Waals surface area contributed by atoms with Gasteiger partial charge in [0, 0.05) is 26.6 Å². The van der Waals surface area contributed by atoms with Crippen molar-refractivity contribution in [3.8, 4) is 17.0 Å². The second-order valence-corrected chi connectivity index (χ2v) is 9.44. The van der Waals surface area contributed by atoms with Crippen molar-refractivity contribution in [1.82, 2.24) is 4.98 Å². The molecule has 0 aliphatic heterocycles. The summed E-state index contributed by atoms with van der Waals surface area (Å²) in [7, 11) is -4.97. The lowest BCUT2D eigenvalue weighted by Gasteiger charge is -2.12. The van der Waals surface area contributed by atoms with Gasteiger partial charge in [-0.2, -0.15) is 17.2 Å². The molecule has 0 N–H and O–H groups in total. The third kappa shape index (κ3) is 4.16. The summed E-state index contributed by atoms with van der Waals surface area (Å²) in [6.07, 6.45) is 1.40. The summed E-state index contributed by atoms with van der Waals surface area (Å²) < 4.78 is 97.8. The van der Waals surface area contributed by atoms with Crippen LogP contribution in [0.1, 0.15) is 0 Å². The fourth-order valence-corrected chi connectivity index (χ4v) is 4.86. The lowest BCUT2D eigenvalue weighted by Crippen LogP contribution is -2.14. The van der Waals surface area contributed by atoms with Crippen LogP contribution in [0.4, 0.5) is 22.0 Å². The smallest absolute Gasteiger partial charge is 0.339 e. The molecule has 0 fully saturated rings. The standard InChI is InChI=1S/C21H8BrClF5NO3S/c22-14-8-10(23)1-3-13(14)20-12-4-2-11(7-9(12)5-6-29-20)33(30,31)32-21-18(27)16(25)15(24)17(26)19(21)28/h1-8H. The highest BCUT2D eigenvalue weighted by Crippen LogP contribution is 2.35. The Morgan fingerprint density at radius 3 is 2.12 bits per heavy atom. The Bertz CT molecular complexity index is 1520. The highest BCUT2D eigenvalue weighted by molar-refractivity contribution is 9.10. The van der Waals surface area contributed by atoms with E-state index in [0.717, 1.165) is 12.1 Å². The predicted octanol–water partition coefficient (Wildman–Crippen LogP) is 6.78. The Morgan fingerprint density at radius 2 is 1.48 bits per heavy atom. The lowest BCUT2D eigenvalue weighted by atomic mass is 10.0. The fraction of sp³-hybridized carbons (Fsp3) is 0. The van der Waals surface area contributed by atoms with Crippen molar-refractivity contribution in [2.75, 3.05) is 0 Å². The molecular formula is C21H8BrClF5NO3S. The minimum Gasteiger partial charge on any atom is -0.372 e. The molecule has 3 aromatic carbocycles. The van der Waals surface area contributed by atoms with Crippen LogP contribution >= 0.6 is 27.5 Å². The Labute approximate surface area is 196 Å². The van der Waals surface area contributed by atoms with Crippen LogP contribution in [-0.2, 0) is 10.1 Å². The zero-order chi connectivity index (χ0) is 24.1. The normalized spacial score (nSPS) is 11.7. The summed E-state index contributed by atoms with van der Waals surface area (Å²) >= 11 is 9.34. The van der Waals surface area contributed by atoms with Crippen molar-refractivity contribution in [3.63, 3.8) is 0 Å². The molecule has 170 valence electrons. The van der Waals surface area contributed by atoms with E-state index in [1.54, 1.807) is 18.2 Å². The lowest BCUT2D eigenvalue weighted by molar-refractivity contribution is 0.346. The van der Waals surface area contributed by atoms with Gasteiger partial charge < -0.3 is 4.18 Å². The van der Waals surface area contributed by atoms with Crippen LogP contribution in [0, 0.1) is 29.1 Å². The van der Waals surface area contributed by atoms with Crippen molar-refractivity contribution in [3.05, 3.63) is 87.2 Å². The molecule has 4 rings (SSSR count).